The Kier molecular flexibility index (Phi) is 9.30. The number of carbonyl (C=O) groups excluding carboxylic acids is 2. The summed E-state index contributed by atoms with van der Waals surface area (Å²) in [7, 11) is 1.71. The molecule has 2 saturated heterocycles. The van der Waals surface area contributed by atoms with Crippen molar-refractivity contribution in [1.29, 1.82) is 0 Å². The van der Waals surface area contributed by atoms with Gasteiger partial charge < -0.3 is 25.1 Å². The minimum Gasteiger partial charge on any atom is -0.481 e. The zero-order chi connectivity index (χ0) is 24.5. The Balaban J connectivity index is 1.54. The van der Waals surface area contributed by atoms with Crippen molar-refractivity contribution in [3.8, 4) is 0 Å². The fourth-order valence-corrected chi connectivity index (χ4v) is 4.49. The summed E-state index contributed by atoms with van der Waals surface area (Å²) in [5.41, 5.74) is 4.98. The molecule has 2 aliphatic rings. The lowest BCUT2D eigenvalue weighted by atomic mass is 9.92. The standard InChI is InChI=1S/C25H36N4O5/c1-3-4-11-26-27-17-19-5-7-20(8-6-19)22-15-21(34-25(33)28(22)2)16-23(30)29-12-9-18(10-13-29)14-24(31)32/h5-8,17-18,21-22,26H,3-4,9-16H2,1-2H3,(H,31,32)/t21-,22+/m1/s1. The van der Waals surface area contributed by atoms with Gasteiger partial charge in [0.2, 0.25) is 5.91 Å². The summed E-state index contributed by atoms with van der Waals surface area (Å²) in [5, 5.41) is 13.2. The molecule has 9 heteroatoms. The molecule has 0 unspecified atom stereocenters. The van der Waals surface area contributed by atoms with Crippen molar-refractivity contribution in [2.45, 2.75) is 64.0 Å². The number of carboxylic acids is 1. The smallest absolute Gasteiger partial charge is 0.410 e. The molecule has 0 bridgehead atoms. The number of aliphatic carboxylic acids is 1. The van der Waals surface area contributed by atoms with Crippen LogP contribution < -0.4 is 5.43 Å². The van der Waals surface area contributed by atoms with E-state index in [0.717, 1.165) is 30.5 Å². The molecular weight excluding hydrogens is 436 g/mol. The Bertz CT molecular complexity index is 865. The quantitative estimate of drug-likeness (QED) is 0.307. The number of hydrazone groups is 1. The first-order chi connectivity index (χ1) is 16.4. The van der Waals surface area contributed by atoms with E-state index in [1.54, 1.807) is 23.1 Å². The molecule has 0 radical (unpaired) electrons. The number of rotatable bonds is 10. The molecule has 186 valence electrons. The number of ether oxygens (including phenoxy) is 1. The van der Waals surface area contributed by atoms with Crippen LogP contribution >= 0.6 is 0 Å². The average Bonchev–Trinajstić information content (AvgIpc) is 2.81. The number of nitrogens with one attached hydrogen (secondary N) is 1. The highest BCUT2D eigenvalue weighted by atomic mass is 16.6. The van der Waals surface area contributed by atoms with E-state index in [4.69, 9.17) is 9.84 Å². The van der Waals surface area contributed by atoms with E-state index in [9.17, 15) is 14.4 Å². The molecular formula is C25H36N4O5. The fraction of sp³-hybridized carbons (Fsp3) is 0.600. The zero-order valence-corrected chi connectivity index (χ0v) is 20.1. The van der Waals surface area contributed by atoms with Crippen LogP contribution in [0.1, 0.15) is 69.0 Å². The molecule has 2 amide bonds. The third-order valence-electron chi connectivity index (χ3n) is 6.61. The van der Waals surface area contributed by atoms with Gasteiger partial charge in [-0.2, -0.15) is 5.10 Å². The monoisotopic (exact) mass is 472 g/mol. The summed E-state index contributed by atoms with van der Waals surface area (Å²) < 4.78 is 5.53. The van der Waals surface area contributed by atoms with Crippen molar-refractivity contribution in [3.05, 3.63) is 35.4 Å². The van der Waals surface area contributed by atoms with Crippen molar-refractivity contribution in [2.24, 2.45) is 11.0 Å². The Labute approximate surface area is 201 Å². The second-order valence-corrected chi connectivity index (χ2v) is 9.18. The predicted octanol–water partition coefficient (Wildman–Crippen LogP) is 3.40. The van der Waals surface area contributed by atoms with Crippen LogP contribution in [0, 0.1) is 5.92 Å². The minimum absolute atomic E-state index is 0.0444. The van der Waals surface area contributed by atoms with Gasteiger partial charge in [0.25, 0.3) is 0 Å². The van der Waals surface area contributed by atoms with Gasteiger partial charge in [0, 0.05) is 39.5 Å². The van der Waals surface area contributed by atoms with Crippen LogP contribution in [0.2, 0.25) is 0 Å². The fourth-order valence-electron chi connectivity index (χ4n) is 4.49. The molecule has 3 rings (SSSR count). The van der Waals surface area contributed by atoms with Crippen molar-refractivity contribution >= 4 is 24.2 Å². The highest BCUT2D eigenvalue weighted by Crippen LogP contribution is 2.32. The summed E-state index contributed by atoms with van der Waals surface area (Å²) in [4.78, 5) is 39.6. The van der Waals surface area contributed by atoms with E-state index < -0.39 is 18.2 Å². The lowest BCUT2D eigenvalue weighted by molar-refractivity contribution is -0.139. The molecule has 2 heterocycles. The van der Waals surface area contributed by atoms with E-state index in [2.05, 4.69) is 17.5 Å². The molecule has 0 aliphatic carbocycles. The average molecular weight is 473 g/mol. The molecule has 2 fully saturated rings. The molecule has 9 nitrogen and oxygen atoms in total. The summed E-state index contributed by atoms with van der Waals surface area (Å²) in [5.74, 6) is -0.720. The van der Waals surface area contributed by atoms with Gasteiger partial charge in [-0.1, -0.05) is 37.6 Å². The van der Waals surface area contributed by atoms with Crippen LogP contribution in [0.4, 0.5) is 4.79 Å². The summed E-state index contributed by atoms with van der Waals surface area (Å²) in [6.45, 7) is 4.09. The number of unbranched alkanes of at least 4 members (excludes halogenated alkanes) is 1. The van der Waals surface area contributed by atoms with Crippen LogP contribution in [-0.2, 0) is 14.3 Å². The van der Waals surface area contributed by atoms with E-state index in [-0.39, 0.29) is 30.7 Å². The van der Waals surface area contributed by atoms with Gasteiger partial charge in [-0.05, 0) is 36.3 Å². The third-order valence-corrected chi connectivity index (χ3v) is 6.61. The number of carboxylic acid groups (broad SMARTS) is 1. The first-order valence-electron chi connectivity index (χ1n) is 12.2. The maximum absolute atomic E-state index is 12.8. The van der Waals surface area contributed by atoms with Gasteiger partial charge in [0.15, 0.2) is 0 Å². The molecule has 0 spiro atoms. The molecule has 1 aromatic carbocycles. The molecule has 0 aromatic heterocycles. The van der Waals surface area contributed by atoms with Crippen LogP contribution in [0.3, 0.4) is 0 Å². The number of carbonyl (C=O) groups is 3. The first-order valence-corrected chi connectivity index (χ1v) is 12.2. The highest BCUT2D eigenvalue weighted by Gasteiger charge is 2.36. The van der Waals surface area contributed by atoms with Gasteiger partial charge in [-0.3, -0.25) is 9.59 Å². The van der Waals surface area contributed by atoms with E-state index in [1.165, 1.54) is 0 Å². The lowest BCUT2D eigenvalue weighted by Gasteiger charge is -2.38. The third kappa shape index (κ3) is 7.20. The summed E-state index contributed by atoms with van der Waals surface area (Å²) >= 11 is 0. The second kappa shape index (κ2) is 12.4. The van der Waals surface area contributed by atoms with Crippen LogP contribution in [-0.4, -0.2) is 71.9 Å². The molecule has 0 saturated carbocycles. The Hall–Kier alpha value is -3.10. The minimum atomic E-state index is -0.794. The van der Waals surface area contributed by atoms with E-state index in [0.29, 0.717) is 32.4 Å². The molecule has 2 atom stereocenters. The van der Waals surface area contributed by atoms with Gasteiger partial charge in [0.1, 0.15) is 6.10 Å². The number of likely N-dealkylation sites (tertiary alicyclic amines) is 1. The van der Waals surface area contributed by atoms with Crippen molar-refractivity contribution in [2.75, 3.05) is 26.7 Å². The normalized spacial score (nSPS) is 21.5. The zero-order valence-electron chi connectivity index (χ0n) is 20.1. The van der Waals surface area contributed by atoms with Crippen molar-refractivity contribution in [3.63, 3.8) is 0 Å². The largest absolute Gasteiger partial charge is 0.481 e. The van der Waals surface area contributed by atoms with Gasteiger partial charge in [0.05, 0.1) is 18.7 Å². The topological polar surface area (TPSA) is 112 Å². The number of cyclic esters (lactones) is 1. The molecule has 2 aliphatic heterocycles. The number of amides is 2. The molecule has 1 aromatic rings. The van der Waals surface area contributed by atoms with Crippen LogP contribution in [0.25, 0.3) is 0 Å². The lowest BCUT2D eigenvalue weighted by Crippen LogP contribution is -2.45. The Morgan fingerprint density at radius 1 is 1.21 bits per heavy atom. The molecule has 34 heavy (non-hydrogen) atoms. The van der Waals surface area contributed by atoms with Crippen LogP contribution in [0.5, 0.6) is 0 Å². The first kappa shape index (κ1) is 25.5. The summed E-state index contributed by atoms with van der Waals surface area (Å²) in [6, 6.07) is 7.73. The Morgan fingerprint density at radius 2 is 1.91 bits per heavy atom. The SMILES string of the molecule is CCCCNN=Cc1ccc([C@@H]2C[C@H](CC(=O)N3CCC(CC(=O)O)CC3)OC(=O)N2C)cc1. The van der Waals surface area contributed by atoms with E-state index >= 15 is 0 Å². The predicted molar refractivity (Wildman–Crippen MR) is 129 cm³/mol. The maximum atomic E-state index is 12.8. The maximum Gasteiger partial charge on any atom is 0.410 e. The van der Waals surface area contributed by atoms with Gasteiger partial charge in [-0.25, -0.2) is 4.79 Å². The van der Waals surface area contributed by atoms with Crippen molar-refractivity contribution in [1.82, 2.24) is 15.2 Å². The molecule has 2 N–H and O–H groups in total. The number of benzene rings is 1. The second-order valence-electron chi connectivity index (χ2n) is 9.18. The summed E-state index contributed by atoms with van der Waals surface area (Å²) in [6.07, 6.45) is 5.27. The number of hydrogen-bond acceptors (Lipinski definition) is 6. The number of piperidine rings is 1. The van der Waals surface area contributed by atoms with E-state index in [1.807, 2.05) is 24.3 Å². The van der Waals surface area contributed by atoms with Gasteiger partial charge in [-0.15, -0.1) is 0 Å². The van der Waals surface area contributed by atoms with Crippen molar-refractivity contribution < 1.29 is 24.2 Å². The van der Waals surface area contributed by atoms with Crippen LogP contribution in [0.15, 0.2) is 29.4 Å². The highest BCUT2D eigenvalue weighted by molar-refractivity contribution is 5.79. The number of nitrogens with zero attached hydrogens (tertiary/aromatic N) is 3. The number of hydrogen-bond donors (Lipinski definition) is 2. The Morgan fingerprint density at radius 3 is 2.56 bits per heavy atom. The van der Waals surface area contributed by atoms with Gasteiger partial charge >= 0.3 is 12.1 Å².